The largest absolute Gasteiger partial charge is 0.495 e. The van der Waals surface area contributed by atoms with Gasteiger partial charge in [0.1, 0.15) is 5.75 Å². The van der Waals surface area contributed by atoms with Crippen LogP contribution in [0, 0.1) is 0 Å². The third kappa shape index (κ3) is 3.18. The first-order valence-corrected chi connectivity index (χ1v) is 8.09. The molecule has 3 aromatic rings. The third-order valence-corrected chi connectivity index (χ3v) is 4.31. The zero-order valence-corrected chi connectivity index (χ0v) is 13.9. The molecule has 0 fully saturated rings. The average molecular weight is 338 g/mol. The molecule has 0 amide bonds. The van der Waals surface area contributed by atoms with Crippen molar-refractivity contribution in [2.75, 3.05) is 13.7 Å². The first-order chi connectivity index (χ1) is 12.2. The molecule has 1 aliphatic rings. The van der Waals surface area contributed by atoms with Gasteiger partial charge in [-0.2, -0.15) is 0 Å². The second-order valence-electron chi connectivity index (χ2n) is 6.01. The van der Waals surface area contributed by atoms with Crippen molar-refractivity contribution in [3.63, 3.8) is 0 Å². The highest BCUT2D eigenvalue weighted by Crippen LogP contribution is 2.21. The van der Waals surface area contributed by atoms with Crippen molar-refractivity contribution in [1.29, 1.82) is 0 Å². The van der Waals surface area contributed by atoms with Crippen molar-refractivity contribution < 1.29 is 9.15 Å². The lowest BCUT2D eigenvalue weighted by Crippen LogP contribution is -2.35. The maximum atomic E-state index is 12.5. The summed E-state index contributed by atoms with van der Waals surface area (Å²) in [6, 6.07) is 5.53. The number of pyridine rings is 1. The molecule has 0 saturated heterocycles. The smallest absolute Gasteiger partial charge is 0.256 e. The Bertz CT molecular complexity index is 934. The lowest BCUT2D eigenvalue weighted by Gasteiger charge is -2.27. The van der Waals surface area contributed by atoms with Crippen molar-refractivity contribution >= 4 is 0 Å². The minimum absolute atomic E-state index is 0.107. The van der Waals surface area contributed by atoms with Gasteiger partial charge in [0.05, 0.1) is 30.8 Å². The Hall–Kier alpha value is -2.93. The van der Waals surface area contributed by atoms with Gasteiger partial charge >= 0.3 is 0 Å². The van der Waals surface area contributed by atoms with Crippen LogP contribution in [0.5, 0.6) is 5.75 Å². The number of H-pyrrole nitrogens is 1. The number of aromatic amines is 1. The topological polar surface area (TPSA) is 84.2 Å². The van der Waals surface area contributed by atoms with Crippen molar-refractivity contribution in [2.24, 2.45) is 0 Å². The van der Waals surface area contributed by atoms with E-state index in [4.69, 9.17) is 9.15 Å². The molecule has 1 aliphatic heterocycles. The van der Waals surface area contributed by atoms with Gasteiger partial charge in [-0.15, -0.1) is 0 Å². The Morgan fingerprint density at radius 3 is 3.12 bits per heavy atom. The van der Waals surface area contributed by atoms with Crippen molar-refractivity contribution in [3.05, 3.63) is 64.0 Å². The van der Waals surface area contributed by atoms with E-state index in [-0.39, 0.29) is 5.56 Å². The monoisotopic (exact) mass is 338 g/mol. The lowest BCUT2D eigenvalue weighted by molar-refractivity contribution is 0.241. The quantitative estimate of drug-likeness (QED) is 0.783. The molecule has 1 N–H and O–H groups in total. The van der Waals surface area contributed by atoms with Gasteiger partial charge in [0.2, 0.25) is 0 Å². The molecule has 0 aliphatic carbocycles. The van der Waals surface area contributed by atoms with E-state index < -0.39 is 0 Å². The molecule has 0 aromatic carbocycles. The Balaban J connectivity index is 1.56. The molecule has 4 rings (SSSR count). The fourth-order valence-corrected chi connectivity index (χ4v) is 3.07. The van der Waals surface area contributed by atoms with Gasteiger partial charge in [-0.1, -0.05) is 0 Å². The minimum Gasteiger partial charge on any atom is -0.495 e. The summed E-state index contributed by atoms with van der Waals surface area (Å²) in [4.78, 5) is 26.3. The van der Waals surface area contributed by atoms with Gasteiger partial charge in [-0.05, 0) is 23.8 Å². The number of nitrogens with one attached hydrogen (secondary N) is 1. The summed E-state index contributed by atoms with van der Waals surface area (Å²) in [5, 5.41) is 0. The molecule has 0 atom stereocenters. The fourth-order valence-electron chi connectivity index (χ4n) is 3.07. The second kappa shape index (κ2) is 6.52. The summed E-state index contributed by atoms with van der Waals surface area (Å²) < 4.78 is 10.5. The van der Waals surface area contributed by atoms with E-state index in [0.29, 0.717) is 24.7 Å². The molecule has 0 saturated carbocycles. The number of aromatic nitrogens is 3. The number of ether oxygens (including phenoxy) is 1. The summed E-state index contributed by atoms with van der Waals surface area (Å²) >= 11 is 0. The SMILES string of the molecule is COc1cncc(CN2CCc3nc(-c4ccco4)[nH]c(=O)c3C2)c1. The second-order valence-corrected chi connectivity index (χ2v) is 6.01. The van der Waals surface area contributed by atoms with Crippen LogP contribution in [-0.4, -0.2) is 33.5 Å². The molecule has 7 heteroatoms. The molecular weight excluding hydrogens is 320 g/mol. The summed E-state index contributed by atoms with van der Waals surface area (Å²) in [7, 11) is 1.62. The number of rotatable bonds is 4. The summed E-state index contributed by atoms with van der Waals surface area (Å²) in [5.74, 6) is 1.79. The van der Waals surface area contributed by atoms with Crippen molar-refractivity contribution in [2.45, 2.75) is 19.5 Å². The molecule has 128 valence electrons. The van der Waals surface area contributed by atoms with Crippen LogP contribution in [0.1, 0.15) is 16.8 Å². The van der Waals surface area contributed by atoms with E-state index in [1.165, 1.54) is 0 Å². The summed E-state index contributed by atoms with van der Waals surface area (Å²) in [6.07, 6.45) is 5.80. The molecule has 7 nitrogen and oxygen atoms in total. The molecule has 0 bridgehead atoms. The number of hydrogen-bond acceptors (Lipinski definition) is 6. The van der Waals surface area contributed by atoms with Gasteiger partial charge in [0.15, 0.2) is 11.6 Å². The Kier molecular flexibility index (Phi) is 4.07. The first kappa shape index (κ1) is 15.6. The fraction of sp³-hybridized carbons (Fsp3) is 0.278. The van der Waals surface area contributed by atoms with Gasteiger partial charge in [-0.25, -0.2) is 4.98 Å². The van der Waals surface area contributed by atoms with Gasteiger partial charge in [-0.3, -0.25) is 14.7 Å². The lowest BCUT2D eigenvalue weighted by atomic mass is 10.1. The van der Waals surface area contributed by atoms with Crippen LogP contribution in [-0.2, 0) is 19.5 Å². The highest BCUT2D eigenvalue weighted by atomic mass is 16.5. The molecule has 4 heterocycles. The number of methoxy groups -OCH3 is 1. The van der Waals surface area contributed by atoms with Crippen LogP contribution in [0.25, 0.3) is 11.6 Å². The van der Waals surface area contributed by atoms with Crippen LogP contribution in [0.4, 0.5) is 0 Å². The van der Waals surface area contributed by atoms with Crippen molar-refractivity contribution in [1.82, 2.24) is 19.9 Å². The van der Waals surface area contributed by atoms with Gasteiger partial charge in [0, 0.05) is 32.3 Å². The Labute approximate surface area is 144 Å². The predicted octanol–water partition coefficient (Wildman–Crippen LogP) is 1.99. The van der Waals surface area contributed by atoms with Crippen LogP contribution < -0.4 is 10.3 Å². The maximum absolute atomic E-state index is 12.5. The van der Waals surface area contributed by atoms with E-state index >= 15 is 0 Å². The molecule has 25 heavy (non-hydrogen) atoms. The van der Waals surface area contributed by atoms with E-state index in [1.54, 1.807) is 31.7 Å². The zero-order valence-electron chi connectivity index (χ0n) is 13.9. The first-order valence-electron chi connectivity index (χ1n) is 8.09. The third-order valence-electron chi connectivity index (χ3n) is 4.31. The number of fused-ring (bicyclic) bond motifs is 1. The summed E-state index contributed by atoms with van der Waals surface area (Å²) in [6.45, 7) is 2.11. The van der Waals surface area contributed by atoms with E-state index in [1.807, 2.05) is 12.3 Å². The van der Waals surface area contributed by atoms with Gasteiger partial charge in [0.25, 0.3) is 5.56 Å². The van der Waals surface area contributed by atoms with Crippen LogP contribution in [0.2, 0.25) is 0 Å². The molecular formula is C18H18N4O3. The predicted molar refractivity (Wildman–Crippen MR) is 91.2 cm³/mol. The molecule has 0 unspecified atom stereocenters. The molecule has 3 aromatic heterocycles. The van der Waals surface area contributed by atoms with Crippen LogP contribution in [0.3, 0.4) is 0 Å². The maximum Gasteiger partial charge on any atom is 0.256 e. The summed E-state index contributed by atoms with van der Waals surface area (Å²) in [5.41, 5.74) is 2.51. The van der Waals surface area contributed by atoms with Crippen LogP contribution >= 0.6 is 0 Å². The number of nitrogens with zero attached hydrogens (tertiary/aromatic N) is 3. The standard InChI is InChI=1S/C18H18N4O3/c1-24-13-7-12(8-19-9-13)10-22-5-4-15-14(11-22)18(23)21-17(20-15)16-3-2-6-25-16/h2-3,6-9H,4-5,10-11H2,1H3,(H,20,21,23). The normalized spacial score (nSPS) is 14.3. The Morgan fingerprint density at radius 2 is 2.32 bits per heavy atom. The van der Waals surface area contributed by atoms with E-state index in [9.17, 15) is 4.79 Å². The Morgan fingerprint density at radius 1 is 1.40 bits per heavy atom. The number of hydrogen-bond donors (Lipinski definition) is 1. The highest BCUT2D eigenvalue weighted by Gasteiger charge is 2.22. The molecule has 0 spiro atoms. The number of furan rings is 1. The highest BCUT2D eigenvalue weighted by molar-refractivity contribution is 5.47. The van der Waals surface area contributed by atoms with Crippen molar-refractivity contribution in [3.8, 4) is 17.3 Å². The van der Waals surface area contributed by atoms with Gasteiger partial charge < -0.3 is 14.1 Å². The van der Waals surface area contributed by atoms with E-state index in [2.05, 4.69) is 19.9 Å². The average Bonchev–Trinajstić information content (AvgIpc) is 3.17. The zero-order chi connectivity index (χ0) is 17.2. The molecule has 0 radical (unpaired) electrons. The van der Waals surface area contributed by atoms with E-state index in [0.717, 1.165) is 35.5 Å². The minimum atomic E-state index is -0.107. The van der Waals surface area contributed by atoms with Crippen LogP contribution in [0.15, 0.2) is 46.1 Å².